The van der Waals surface area contributed by atoms with E-state index < -0.39 is 9.84 Å². The van der Waals surface area contributed by atoms with Crippen molar-refractivity contribution in [2.24, 2.45) is 0 Å². The van der Waals surface area contributed by atoms with Gasteiger partial charge >= 0.3 is 0 Å². The van der Waals surface area contributed by atoms with Crippen molar-refractivity contribution in [1.29, 1.82) is 5.26 Å². The van der Waals surface area contributed by atoms with Gasteiger partial charge in [0.15, 0.2) is 0 Å². The van der Waals surface area contributed by atoms with E-state index in [4.69, 9.17) is 4.74 Å². The Morgan fingerprint density at radius 3 is 2.41 bits per heavy atom. The fourth-order valence-electron chi connectivity index (χ4n) is 2.79. The van der Waals surface area contributed by atoms with E-state index in [1.54, 1.807) is 30.3 Å². The summed E-state index contributed by atoms with van der Waals surface area (Å²) in [5, 5.41) is 9.45. The van der Waals surface area contributed by atoms with Crippen LogP contribution >= 0.6 is 0 Å². The molecule has 0 unspecified atom stereocenters. The van der Waals surface area contributed by atoms with E-state index in [9.17, 15) is 13.7 Å². The summed E-state index contributed by atoms with van der Waals surface area (Å²) < 4.78 is 31.3. The van der Waals surface area contributed by atoms with Crippen LogP contribution in [0.2, 0.25) is 0 Å². The Balaban J connectivity index is 1.77. The molecule has 3 rings (SSSR count). The average molecular weight is 404 g/mol. The number of hydrogen-bond acceptors (Lipinski definition) is 4. The molecule has 4 nitrogen and oxygen atoms in total. The molecule has 0 atom stereocenters. The van der Waals surface area contributed by atoms with Gasteiger partial charge in [0.25, 0.3) is 0 Å². The summed E-state index contributed by atoms with van der Waals surface area (Å²) in [5.41, 5.74) is 2.72. The van der Waals surface area contributed by atoms with Gasteiger partial charge in [-0.25, -0.2) is 8.42 Å². The molecule has 0 saturated carbocycles. The van der Waals surface area contributed by atoms with Gasteiger partial charge in [-0.2, -0.15) is 5.26 Å². The van der Waals surface area contributed by atoms with Crippen molar-refractivity contribution in [3.63, 3.8) is 0 Å². The Morgan fingerprint density at radius 1 is 1.00 bits per heavy atom. The van der Waals surface area contributed by atoms with Gasteiger partial charge in [-0.05, 0) is 48.4 Å². The minimum atomic E-state index is -3.87. The molecule has 3 aromatic carbocycles. The number of nitriles is 1. The fraction of sp³-hybridized carbons (Fsp3) is 0.125. The summed E-state index contributed by atoms with van der Waals surface area (Å²) in [5.74, 6) is 0.625. The summed E-state index contributed by atoms with van der Waals surface area (Å²) >= 11 is 0. The number of allylic oxidation sites excluding steroid dienone is 1. The van der Waals surface area contributed by atoms with Crippen LogP contribution in [0, 0.1) is 18.3 Å². The molecule has 0 fully saturated rings. The predicted octanol–water partition coefficient (Wildman–Crippen LogP) is 4.95. The van der Waals surface area contributed by atoms with E-state index in [1.165, 1.54) is 23.8 Å². The summed E-state index contributed by atoms with van der Waals surface area (Å²) in [7, 11) is -3.87. The largest absolute Gasteiger partial charge is 0.493 e. The smallest absolute Gasteiger partial charge is 0.216 e. The highest BCUT2D eigenvalue weighted by molar-refractivity contribution is 7.95. The third-order valence-corrected chi connectivity index (χ3v) is 6.07. The fourth-order valence-corrected chi connectivity index (χ4v) is 3.95. The Hall–Kier alpha value is -3.36. The first-order chi connectivity index (χ1) is 14.0. The molecule has 0 aromatic heterocycles. The second-order valence-corrected chi connectivity index (χ2v) is 8.51. The van der Waals surface area contributed by atoms with Crippen LogP contribution in [-0.4, -0.2) is 15.0 Å². The summed E-state index contributed by atoms with van der Waals surface area (Å²) in [6, 6.07) is 25.3. The van der Waals surface area contributed by atoms with E-state index in [-0.39, 0.29) is 9.80 Å². The Bertz CT molecular complexity index is 1140. The lowest BCUT2D eigenvalue weighted by atomic mass is 10.2. The highest BCUT2D eigenvalue weighted by atomic mass is 32.2. The van der Waals surface area contributed by atoms with Crippen molar-refractivity contribution >= 4 is 15.9 Å². The second-order valence-electron chi connectivity index (χ2n) is 6.59. The number of nitrogens with zero attached hydrogens (tertiary/aromatic N) is 1. The van der Waals surface area contributed by atoms with E-state index in [0.29, 0.717) is 17.9 Å². The topological polar surface area (TPSA) is 67.2 Å². The van der Waals surface area contributed by atoms with Gasteiger partial charge in [0.1, 0.15) is 16.7 Å². The van der Waals surface area contributed by atoms with Crippen molar-refractivity contribution in [2.75, 3.05) is 6.61 Å². The molecule has 146 valence electrons. The van der Waals surface area contributed by atoms with Crippen LogP contribution in [0.1, 0.15) is 16.7 Å². The van der Waals surface area contributed by atoms with E-state index in [0.717, 1.165) is 12.0 Å². The number of hydrogen-bond donors (Lipinski definition) is 0. The molecule has 0 aliphatic heterocycles. The normalized spacial score (nSPS) is 11.7. The van der Waals surface area contributed by atoms with Crippen LogP contribution in [-0.2, 0) is 16.3 Å². The van der Waals surface area contributed by atoms with Crippen molar-refractivity contribution in [1.82, 2.24) is 0 Å². The molecule has 3 aromatic rings. The highest BCUT2D eigenvalue weighted by Gasteiger charge is 2.20. The maximum atomic E-state index is 12.8. The van der Waals surface area contributed by atoms with Gasteiger partial charge in [0.05, 0.1) is 11.5 Å². The molecule has 0 spiro atoms. The number of aryl methyl sites for hydroxylation is 1. The van der Waals surface area contributed by atoms with Gasteiger partial charge in [-0.1, -0.05) is 60.2 Å². The van der Waals surface area contributed by atoms with Gasteiger partial charge in [0.2, 0.25) is 9.84 Å². The maximum absolute atomic E-state index is 12.8. The third kappa shape index (κ3) is 5.34. The summed E-state index contributed by atoms with van der Waals surface area (Å²) in [6.45, 7) is 2.38. The zero-order chi connectivity index (χ0) is 20.7. The van der Waals surface area contributed by atoms with E-state index in [1.807, 2.05) is 49.4 Å². The Morgan fingerprint density at radius 2 is 1.72 bits per heavy atom. The van der Waals surface area contributed by atoms with E-state index >= 15 is 0 Å². The number of ether oxygens (including phenoxy) is 1. The standard InChI is InChI=1S/C24H21NO3S/c1-19-10-12-23(13-11-19)29(26,27)24(18-25)17-21-8-5-9-22(16-21)28-15-14-20-6-3-2-4-7-20/h2-13,16-17H,14-15H2,1H3. The minimum absolute atomic E-state index is 0.103. The van der Waals surface area contributed by atoms with Crippen LogP contribution in [0.5, 0.6) is 5.75 Å². The second kappa shape index (κ2) is 9.22. The van der Waals surface area contributed by atoms with Crippen molar-refractivity contribution in [3.05, 3.63) is 100 Å². The molecule has 0 aliphatic rings. The first-order valence-electron chi connectivity index (χ1n) is 9.19. The Kier molecular flexibility index (Phi) is 6.48. The highest BCUT2D eigenvalue weighted by Crippen LogP contribution is 2.23. The number of sulfone groups is 1. The van der Waals surface area contributed by atoms with Crippen LogP contribution in [0.25, 0.3) is 6.08 Å². The SMILES string of the molecule is Cc1ccc(S(=O)(=O)C(C#N)=Cc2cccc(OCCc3ccccc3)c2)cc1. The molecule has 0 bridgehead atoms. The van der Waals surface area contributed by atoms with Crippen molar-refractivity contribution in [2.45, 2.75) is 18.2 Å². The molecule has 0 heterocycles. The van der Waals surface area contributed by atoms with Crippen LogP contribution in [0.4, 0.5) is 0 Å². The first kappa shape index (κ1) is 20.4. The molecule has 0 amide bonds. The number of rotatable bonds is 7. The van der Waals surface area contributed by atoms with Crippen LogP contribution in [0.3, 0.4) is 0 Å². The molecular formula is C24H21NO3S. The van der Waals surface area contributed by atoms with Gasteiger partial charge in [0, 0.05) is 6.42 Å². The van der Waals surface area contributed by atoms with E-state index in [2.05, 4.69) is 0 Å². The lowest BCUT2D eigenvalue weighted by Crippen LogP contribution is -2.04. The average Bonchev–Trinajstić information content (AvgIpc) is 2.73. The van der Waals surface area contributed by atoms with Crippen LogP contribution < -0.4 is 4.74 Å². The van der Waals surface area contributed by atoms with Gasteiger partial charge in [-0.3, -0.25) is 0 Å². The predicted molar refractivity (Wildman–Crippen MR) is 114 cm³/mol. The quantitative estimate of drug-likeness (QED) is 0.523. The molecule has 0 aliphatic carbocycles. The third-order valence-electron chi connectivity index (χ3n) is 4.39. The zero-order valence-electron chi connectivity index (χ0n) is 16.1. The van der Waals surface area contributed by atoms with Crippen molar-refractivity contribution in [3.8, 4) is 11.8 Å². The molecular weight excluding hydrogens is 382 g/mol. The van der Waals surface area contributed by atoms with Crippen LogP contribution in [0.15, 0.2) is 88.7 Å². The molecule has 0 N–H and O–H groups in total. The lowest BCUT2D eigenvalue weighted by Gasteiger charge is -2.08. The monoisotopic (exact) mass is 403 g/mol. The molecule has 29 heavy (non-hydrogen) atoms. The Labute approximate surface area is 171 Å². The maximum Gasteiger partial charge on any atom is 0.216 e. The number of benzene rings is 3. The first-order valence-corrected chi connectivity index (χ1v) is 10.7. The molecule has 0 radical (unpaired) electrons. The zero-order valence-corrected chi connectivity index (χ0v) is 16.9. The van der Waals surface area contributed by atoms with Gasteiger partial charge in [-0.15, -0.1) is 0 Å². The molecule has 0 saturated heterocycles. The summed E-state index contributed by atoms with van der Waals surface area (Å²) in [6.07, 6.45) is 2.14. The molecule has 5 heteroatoms. The lowest BCUT2D eigenvalue weighted by molar-refractivity contribution is 0.322. The van der Waals surface area contributed by atoms with Crippen molar-refractivity contribution < 1.29 is 13.2 Å². The minimum Gasteiger partial charge on any atom is -0.493 e. The van der Waals surface area contributed by atoms with Gasteiger partial charge < -0.3 is 4.74 Å². The summed E-state index contributed by atoms with van der Waals surface area (Å²) in [4.78, 5) is -0.200.